The van der Waals surface area contributed by atoms with Crippen LogP contribution in [-0.4, -0.2) is 43.2 Å². The summed E-state index contributed by atoms with van der Waals surface area (Å²) >= 11 is 0. The molecule has 104 valence electrons. The average Bonchev–Trinajstić information content (AvgIpc) is 2.87. The van der Waals surface area contributed by atoms with Gasteiger partial charge in [-0.3, -0.25) is 4.90 Å². The summed E-state index contributed by atoms with van der Waals surface area (Å²) in [6, 6.07) is 6.95. The maximum absolute atomic E-state index is 3.43. The molecule has 0 amide bonds. The molecule has 0 atom stereocenters. The van der Waals surface area contributed by atoms with Crippen LogP contribution in [0.4, 0.5) is 5.69 Å². The number of nitrogens with one attached hydrogen (secondary N) is 2. The second-order valence-electron chi connectivity index (χ2n) is 6.39. The molecular formula is C16H25N3. The van der Waals surface area contributed by atoms with E-state index in [-0.39, 0.29) is 5.54 Å². The van der Waals surface area contributed by atoms with Gasteiger partial charge in [-0.15, -0.1) is 0 Å². The van der Waals surface area contributed by atoms with Crippen LogP contribution >= 0.6 is 0 Å². The Morgan fingerprint density at radius 3 is 2.74 bits per heavy atom. The smallest absolute Gasteiger partial charge is 0.0373 e. The van der Waals surface area contributed by atoms with Crippen LogP contribution < -0.4 is 10.6 Å². The Kier molecular flexibility index (Phi) is 3.50. The molecular weight excluding hydrogens is 234 g/mol. The Balaban J connectivity index is 1.72. The molecule has 0 bridgehead atoms. The van der Waals surface area contributed by atoms with Crippen molar-refractivity contribution in [3.8, 4) is 0 Å². The van der Waals surface area contributed by atoms with Crippen LogP contribution in [0.1, 0.15) is 25.0 Å². The quantitative estimate of drug-likeness (QED) is 0.868. The molecule has 1 fully saturated rings. The van der Waals surface area contributed by atoms with E-state index in [9.17, 15) is 0 Å². The Bertz CT molecular complexity index is 447. The van der Waals surface area contributed by atoms with Crippen LogP contribution in [0.2, 0.25) is 0 Å². The molecule has 19 heavy (non-hydrogen) atoms. The fourth-order valence-corrected chi connectivity index (χ4v) is 3.35. The van der Waals surface area contributed by atoms with Gasteiger partial charge >= 0.3 is 0 Å². The second-order valence-corrected chi connectivity index (χ2v) is 6.39. The average molecular weight is 259 g/mol. The topological polar surface area (TPSA) is 27.3 Å². The van der Waals surface area contributed by atoms with Crippen molar-refractivity contribution in [2.75, 3.05) is 38.0 Å². The number of anilines is 1. The first-order chi connectivity index (χ1) is 9.15. The Hall–Kier alpha value is -1.06. The van der Waals surface area contributed by atoms with E-state index < -0.39 is 0 Å². The third kappa shape index (κ3) is 2.77. The van der Waals surface area contributed by atoms with Crippen LogP contribution in [0.25, 0.3) is 0 Å². The van der Waals surface area contributed by atoms with Crippen LogP contribution in [-0.2, 0) is 12.8 Å². The maximum atomic E-state index is 3.43. The third-order valence-corrected chi connectivity index (χ3v) is 4.49. The minimum atomic E-state index is 0.252. The van der Waals surface area contributed by atoms with Crippen molar-refractivity contribution < 1.29 is 0 Å². The first kappa shape index (κ1) is 12.9. The van der Waals surface area contributed by atoms with Crippen molar-refractivity contribution in [1.29, 1.82) is 0 Å². The lowest BCUT2D eigenvalue weighted by atomic mass is 9.91. The standard InChI is InChI=1S/C16H25N3/c1-16(2,19-9-7-17-8-10-19)12-13-3-4-15-14(11-13)5-6-18-15/h3-4,11,17-18H,5-10,12H2,1-2H3. The highest BCUT2D eigenvalue weighted by Crippen LogP contribution is 2.27. The molecule has 2 aliphatic heterocycles. The number of hydrogen-bond acceptors (Lipinski definition) is 3. The first-order valence-electron chi connectivity index (χ1n) is 7.47. The number of benzene rings is 1. The molecule has 2 heterocycles. The van der Waals surface area contributed by atoms with Gasteiger partial charge in [0.15, 0.2) is 0 Å². The SMILES string of the molecule is CC(C)(Cc1ccc2c(c1)CCN2)N1CCNCC1. The van der Waals surface area contributed by atoms with Crippen LogP contribution in [0, 0.1) is 0 Å². The summed E-state index contributed by atoms with van der Waals surface area (Å²) in [6.07, 6.45) is 2.32. The van der Waals surface area contributed by atoms with E-state index in [0.29, 0.717) is 0 Å². The molecule has 3 rings (SSSR count). The summed E-state index contributed by atoms with van der Waals surface area (Å²) < 4.78 is 0. The molecule has 0 saturated carbocycles. The minimum Gasteiger partial charge on any atom is -0.384 e. The van der Waals surface area contributed by atoms with E-state index in [2.05, 4.69) is 47.6 Å². The van der Waals surface area contributed by atoms with E-state index >= 15 is 0 Å². The number of hydrogen-bond donors (Lipinski definition) is 2. The van der Waals surface area contributed by atoms with Crippen molar-refractivity contribution in [3.63, 3.8) is 0 Å². The van der Waals surface area contributed by atoms with Gasteiger partial charge in [-0.2, -0.15) is 0 Å². The van der Waals surface area contributed by atoms with Gasteiger partial charge in [0.1, 0.15) is 0 Å². The molecule has 1 aromatic rings. The lowest BCUT2D eigenvalue weighted by molar-refractivity contribution is 0.104. The van der Waals surface area contributed by atoms with E-state index in [4.69, 9.17) is 0 Å². The molecule has 2 aliphatic rings. The van der Waals surface area contributed by atoms with Gasteiger partial charge in [0, 0.05) is 44.0 Å². The van der Waals surface area contributed by atoms with Gasteiger partial charge in [0.2, 0.25) is 0 Å². The van der Waals surface area contributed by atoms with E-state index in [1.165, 1.54) is 36.3 Å². The zero-order valence-corrected chi connectivity index (χ0v) is 12.1. The van der Waals surface area contributed by atoms with Crippen molar-refractivity contribution in [2.45, 2.75) is 32.2 Å². The van der Waals surface area contributed by atoms with E-state index in [1.807, 2.05) is 0 Å². The largest absolute Gasteiger partial charge is 0.384 e. The van der Waals surface area contributed by atoms with Crippen molar-refractivity contribution in [2.24, 2.45) is 0 Å². The minimum absolute atomic E-state index is 0.252. The van der Waals surface area contributed by atoms with Gasteiger partial charge in [-0.1, -0.05) is 12.1 Å². The Morgan fingerprint density at radius 2 is 1.95 bits per heavy atom. The van der Waals surface area contributed by atoms with Crippen molar-refractivity contribution >= 4 is 5.69 Å². The van der Waals surface area contributed by atoms with Crippen LogP contribution in [0.3, 0.4) is 0 Å². The molecule has 0 aliphatic carbocycles. The molecule has 3 nitrogen and oxygen atoms in total. The fourth-order valence-electron chi connectivity index (χ4n) is 3.35. The predicted octanol–water partition coefficient (Wildman–Crippen LogP) is 1.88. The number of piperazine rings is 1. The van der Waals surface area contributed by atoms with Crippen molar-refractivity contribution in [3.05, 3.63) is 29.3 Å². The van der Waals surface area contributed by atoms with Crippen LogP contribution in [0.5, 0.6) is 0 Å². The maximum Gasteiger partial charge on any atom is 0.0373 e. The highest BCUT2D eigenvalue weighted by Gasteiger charge is 2.28. The third-order valence-electron chi connectivity index (χ3n) is 4.49. The Labute approximate surface area is 116 Å². The molecule has 1 aromatic carbocycles. The number of fused-ring (bicyclic) bond motifs is 1. The first-order valence-corrected chi connectivity index (χ1v) is 7.47. The Morgan fingerprint density at radius 1 is 1.16 bits per heavy atom. The van der Waals surface area contributed by atoms with Crippen molar-refractivity contribution in [1.82, 2.24) is 10.2 Å². The summed E-state index contributed by atoms with van der Waals surface area (Å²) in [6.45, 7) is 10.4. The summed E-state index contributed by atoms with van der Waals surface area (Å²) in [4.78, 5) is 2.62. The molecule has 0 aromatic heterocycles. The molecule has 2 N–H and O–H groups in total. The molecule has 0 unspecified atom stereocenters. The normalized spacial score (nSPS) is 20.1. The molecule has 0 radical (unpaired) electrons. The molecule has 1 saturated heterocycles. The lowest BCUT2D eigenvalue weighted by Crippen LogP contribution is -2.54. The predicted molar refractivity (Wildman–Crippen MR) is 80.9 cm³/mol. The van der Waals surface area contributed by atoms with E-state index in [0.717, 1.165) is 26.1 Å². The van der Waals surface area contributed by atoms with Gasteiger partial charge in [0.25, 0.3) is 0 Å². The zero-order chi connectivity index (χ0) is 13.3. The highest BCUT2D eigenvalue weighted by atomic mass is 15.2. The lowest BCUT2D eigenvalue weighted by Gasteiger charge is -2.41. The number of rotatable bonds is 3. The summed E-state index contributed by atoms with van der Waals surface area (Å²) in [5, 5.41) is 6.87. The highest BCUT2D eigenvalue weighted by molar-refractivity contribution is 5.56. The summed E-state index contributed by atoms with van der Waals surface area (Å²) in [5.41, 5.74) is 4.56. The van der Waals surface area contributed by atoms with Gasteiger partial charge in [-0.05, 0) is 43.9 Å². The molecule has 0 spiro atoms. The monoisotopic (exact) mass is 259 g/mol. The summed E-state index contributed by atoms with van der Waals surface area (Å²) in [7, 11) is 0. The number of nitrogens with zero attached hydrogens (tertiary/aromatic N) is 1. The van der Waals surface area contributed by atoms with Gasteiger partial charge < -0.3 is 10.6 Å². The van der Waals surface area contributed by atoms with Gasteiger partial charge in [-0.25, -0.2) is 0 Å². The second kappa shape index (κ2) is 5.14. The van der Waals surface area contributed by atoms with Gasteiger partial charge in [0.05, 0.1) is 0 Å². The fraction of sp³-hybridized carbons (Fsp3) is 0.625. The molecule has 3 heteroatoms. The van der Waals surface area contributed by atoms with Crippen LogP contribution in [0.15, 0.2) is 18.2 Å². The summed E-state index contributed by atoms with van der Waals surface area (Å²) in [5.74, 6) is 0. The zero-order valence-electron chi connectivity index (χ0n) is 12.1. The van der Waals surface area contributed by atoms with E-state index in [1.54, 1.807) is 0 Å².